The van der Waals surface area contributed by atoms with Crippen LogP contribution in [0.1, 0.15) is 162 Å². The molecule has 0 radical (unpaired) electrons. The average Bonchev–Trinajstić information content (AvgIpc) is 3.15. The summed E-state index contributed by atoms with van der Waals surface area (Å²) in [7, 11) is 1.35. The van der Waals surface area contributed by atoms with E-state index in [0.717, 1.165) is 44.9 Å². The van der Waals surface area contributed by atoms with Crippen molar-refractivity contribution in [2.75, 3.05) is 47.5 Å². The molecule has 0 aromatic heterocycles. The number of phosphoric acid groups is 1. The highest BCUT2D eigenvalue weighted by Gasteiger charge is 2.27. The molecule has 330 valence electrons. The van der Waals surface area contributed by atoms with Gasteiger partial charge in [-0.05, 0) is 44.9 Å². The molecule has 0 bridgehead atoms. The first-order valence-corrected chi connectivity index (χ1v) is 23.6. The lowest BCUT2D eigenvalue weighted by molar-refractivity contribution is -0.870. The maximum absolute atomic E-state index is 12.7. The van der Waals surface area contributed by atoms with Gasteiger partial charge in [0.15, 0.2) is 6.10 Å². The minimum absolute atomic E-state index is 0.00493. The molecule has 2 N–H and O–H groups in total. The quantitative estimate of drug-likeness (QED) is 0.0155. The molecule has 57 heavy (non-hydrogen) atoms. The van der Waals surface area contributed by atoms with Crippen molar-refractivity contribution in [2.45, 2.75) is 174 Å². The Labute approximate surface area is 348 Å². The molecule has 0 amide bonds. The number of quaternary nitrogens is 1. The molecule has 3 atom stereocenters. The van der Waals surface area contributed by atoms with Gasteiger partial charge in [-0.2, -0.15) is 0 Å². The maximum Gasteiger partial charge on any atom is 0.472 e. The van der Waals surface area contributed by atoms with Crippen molar-refractivity contribution in [3.63, 3.8) is 0 Å². The van der Waals surface area contributed by atoms with E-state index in [0.29, 0.717) is 30.3 Å². The number of aliphatic hydroxyl groups excluding tert-OH is 1. The zero-order valence-corrected chi connectivity index (χ0v) is 37.6. The molecular weight excluding hydrogens is 741 g/mol. The van der Waals surface area contributed by atoms with Crippen molar-refractivity contribution >= 4 is 19.8 Å². The summed E-state index contributed by atoms with van der Waals surface area (Å²) in [5.41, 5.74) is 0. The lowest BCUT2D eigenvalue weighted by Crippen LogP contribution is -2.37. The molecule has 10 nitrogen and oxygen atoms in total. The zero-order valence-electron chi connectivity index (χ0n) is 36.7. The SMILES string of the molecule is CC/C=C\C/C=C\C/C=C\C/C=C\C=C\C(O)CCCC(=O)OC(COC(=O)CCCCCCCCCCCCCCCCC)COP(=O)(O)OCC[N+](C)(C)C. The van der Waals surface area contributed by atoms with Crippen LogP contribution in [0.4, 0.5) is 0 Å². The van der Waals surface area contributed by atoms with Crippen LogP contribution in [0.2, 0.25) is 0 Å². The van der Waals surface area contributed by atoms with Crippen LogP contribution < -0.4 is 0 Å². The average molecular weight is 825 g/mol. The number of likely N-dealkylation sites (N-methyl/N-ethyl adjacent to an activating group) is 1. The van der Waals surface area contributed by atoms with Gasteiger partial charge in [0.25, 0.3) is 0 Å². The largest absolute Gasteiger partial charge is 0.472 e. The minimum atomic E-state index is -4.43. The normalized spacial score (nSPS) is 14.7. The molecule has 0 aliphatic heterocycles. The second-order valence-electron chi connectivity index (χ2n) is 15.9. The van der Waals surface area contributed by atoms with E-state index in [2.05, 4.69) is 50.3 Å². The Morgan fingerprint density at radius 3 is 1.68 bits per heavy atom. The molecule has 0 aromatic carbocycles. The van der Waals surface area contributed by atoms with E-state index in [4.69, 9.17) is 18.5 Å². The number of unbranched alkanes of at least 4 members (excludes halogenated alkanes) is 14. The van der Waals surface area contributed by atoms with Crippen molar-refractivity contribution < 1.29 is 47.2 Å². The molecule has 0 aromatic rings. The third kappa shape index (κ3) is 41.6. The summed E-state index contributed by atoms with van der Waals surface area (Å²) in [4.78, 5) is 35.4. The molecule has 0 aliphatic rings. The summed E-state index contributed by atoms with van der Waals surface area (Å²) in [6.07, 6.45) is 41.6. The fourth-order valence-electron chi connectivity index (χ4n) is 5.69. The van der Waals surface area contributed by atoms with Gasteiger partial charge in [-0.1, -0.05) is 164 Å². The third-order valence-corrected chi connectivity index (χ3v) is 10.2. The summed E-state index contributed by atoms with van der Waals surface area (Å²) in [6.45, 7) is 4.07. The van der Waals surface area contributed by atoms with E-state index >= 15 is 0 Å². The van der Waals surface area contributed by atoms with Crippen molar-refractivity contribution in [3.8, 4) is 0 Å². The van der Waals surface area contributed by atoms with Gasteiger partial charge in [-0.25, -0.2) is 4.57 Å². The van der Waals surface area contributed by atoms with Crippen LogP contribution in [0.25, 0.3) is 0 Å². The van der Waals surface area contributed by atoms with E-state index in [-0.39, 0.29) is 26.1 Å². The predicted octanol–water partition coefficient (Wildman–Crippen LogP) is 11.4. The highest BCUT2D eigenvalue weighted by Crippen LogP contribution is 2.43. The van der Waals surface area contributed by atoms with Crippen molar-refractivity contribution in [3.05, 3.63) is 60.8 Å². The van der Waals surface area contributed by atoms with E-state index in [1.54, 1.807) is 12.2 Å². The molecule has 0 saturated carbocycles. The number of nitrogens with zero attached hydrogens (tertiary/aromatic N) is 1. The second-order valence-corrected chi connectivity index (χ2v) is 17.4. The molecular formula is C46H83NO9P+. The molecule has 0 saturated heterocycles. The van der Waals surface area contributed by atoms with Crippen LogP contribution >= 0.6 is 7.82 Å². The van der Waals surface area contributed by atoms with Crippen LogP contribution in [0, 0.1) is 0 Å². The fourth-order valence-corrected chi connectivity index (χ4v) is 6.43. The number of aliphatic hydroxyl groups is 1. The Hall–Kier alpha value is -2.33. The molecule has 3 unspecified atom stereocenters. The molecule has 0 heterocycles. The fraction of sp³-hybridized carbons (Fsp3) is 0.739. The Morgan fingerprint density at radius 1 is 0.632 bits per heavy atom. The highest BCUT2D eigenvalue weighted by molar-refractivity contribution is 7.47. The summed E-state index contributed by atoms with van der Waals surface area (Å²) in [6, 6.07) is 0. The Kier molecular flexibility index (Phi) is 36.4. The van der Waals surface area contributed by atoms with Crippen LogP contribution in [-0.4, -0.2) is 86.1 Å². The number of carbonyl (C=O) groups is 2. The van der Waals surface area contributed by atoms with Gasteiger partial charge in [0.1, 0.15) is 19.8 Å². The number of carbonyl (C=O) groups excluding carboxylic acids is 2. The van der Waals surface area contributed by atoms with Crippen molar-refractivity contribution in [1.82, 2.24) is 0 Å². The van der Waals surface area contributed by atoms with Crippen LogP contribution in [0.15, 0.2) is 60.8 Å². The standard InChI is InChI=1S/C46H82NO9P/c1-6-8-10-12-14-16-18-20-21-23-25-27-29-31-33-37-45(49)53-41-44(42-55-57(51,52)54-40-39-47(3,4)5)56-46(50)38-34-36-43(48)35-32-30-28-26-24-22-19-17-15-13-11-9-7-2/h9,11,15,17,22,24,28,30,32,35,43-44,48H,6-8,10,12-14,16,18-21,23,25-27,29,31,33-34,36-42H2,1-5H3/p+1/b11-9-,17-15-,24-22-,30-28-,35-32+. The second kappa shape index (κ2) is 37.9. The lowest BCUT2D eigenvalue weighted by Gasteiger charge is -2.24. The Balaban J connectivity index is 4.56. The predicted molar refractivity (Wildman–Crippen MR) is 235 cm³/mol. The summed E-state index contributed by atoms with van der Waals surface area (Å²) >= 11 is 0. The van der Waals surface area contributed by atoms with Crippen molar-refractivity contribution in [1.29, 1.82) is 0 Å². The number of rotatable bonds is 39. The molecule has 0 rings (SSSR count). The third-order valence-electron chi connectivity index (χ3n) is 9.17. The first kappa shape index (κ1) is 54.7. The Morgan fingerprint density at radius 2 is 1.14 bits per heavy atom. The van der Waals surface area contributed by atoms with Crippen molar-refractivity contribution in [2.24, 2.45) is 0 Å². The first-order chi connectivity index (χ1) is 27.4. The number of esters is 2. The van der Waals surface area contributed by atoms with Gasteiger partial charge in [0, 0.05) is 12.8 Å². The smallest absolute Gasteiger partial charge is 0.462 e. The Bertz CT molecular complexity index is 1170. The number of allylic oxidation sites excluding steroid dienone is 9. The van der Waals surface area contributed by atoms with Gasteiger partial charge in [-0.3, -0.25) is 18.6 Å². The van der Waals surface area contributed by atoms with Crippen LogP contribution in [0.3, 0.4) is 0 Å². The summed E-state index contributed by atoms with van der Waals surface area (Å²) in [5, 5.41) is 10.3. The van der Waals surface area contributed by atoms with Crippen LogP contribution in [-0.2, 0) is 32.7 Å². The maximum atomic E-state index is 12.7. The number of ether oxygens (including phenoxy) is 2. The topological polar surface area (TPSA) is 129 Å². The monoisotopic (exact) mass is 825 g/mol. The number of hydrogen-bond acceptors (Lipinski definition) is 8. The molecule has 0 aliphatic carbocycles. The number of phosphoric ester groups is 1. The number of hydrogen-bond donors (Lipinski definition) is 2. The zero-order chi connectivity index (χ0) is 42.3. The van der Waals surface area contributed by atoms with E-state index in [1.807, 2.05) is 33.3 Å². The van der Waals surface area contributed by atoms with Gasteiger partial charge in [-0.15, -0.1) is 0 Å². The van der Waals surface area contributed by atoms with E-state index in [1.165, 1.54) is 70.6 Å². The van der Waals surface area contributed by atoms with Gasteiger partial charge < -0.3 is 24.0 Å². The summed E-state index contributed by atoms with van der Waals surface area (Å²) < 4.78 is 34.1. The van der Waals surface area contributed by atoms with E-state index in [9.17, 15) is 24.2 Å². The summed E-state index contributed by atoms with van der Waals surface area (Å²) in [5.74, 6) is -1.00. The van der Waals surface area contributed by atoms with Gasteiger partial charge >= 0.3 is 19.8 Å². The minimum Gasteiger partial charge on any atom is -0.462 e. The van der Waals surface area contributed by atoms with Gasteiger partial charge in [0.2, 0.25) is 0 Å². The highest BCUT2D eigenvalue weighted by atomic mass is 31.2. The molecule has 11 heteroatoms. The van der Waals surface area contributed by atoms with Crippen LogP contribution in [0.5, 0.6) is 0 Å². The van der Waals surface area contributed by atoms with E-state index < -0.39 is 38.6 Å². The molecule has 0 fully saturated rings. The van der Waals surface area contributed by atoms with Gasteiger partial charge in [0.05, 0.1) is 33.9 Å². The first-order valence-electron chi connectivity index (χ1n) is 22.1. The molecule has 0 spiro atoms. The lowest BCUT2D eigenvalue weighted by atomic mass is 10.0.